The zero-order chi connectivity index (χ0) is 15.3. The molecule has 1 aliphatic carbocycles. The van der Waals surface area contributed by atoms with Gasteiger partial charge in [-0.25, -0.2) is 8.42 Å². The lowest BCUT2D eigenvalue weighted by Gasteiger charge is -2.34. The number of amides is 1. The van der Waals surface area contributed by atoms with Crippen molar-refractivity contribution in [2.24, 2.45) is 0 Å². The highest BCUT2D eigenvalue weighted by atomic mass is 32.2. The van der Waals surface area contributed by atoms with E-state index in [1.807, 2.05) is 0 Å². The molecule has 21 heavy (non-hydrogen) atoms. The highest BCUT2D eigenvalue weighted by Crippen LogP contribution is 2.28. The first-order valence-electron chi connectivity index (χ1n) is 7.76. The predicted octanol–water partition coefficient (Wildman–Crippen LogP) is 0.229. The fourth-order valence-electron chi connectivity index (χ4n) is 3.20. The lowest BCUT2D eigenvalue weighted by atomic mass is 9.96. The lowest BCUT2D eigenvalue weighted by Crippen LogP contribution is -2.57. The molecule has 0 aromatic rings. The Hall–Kier alpha value is -0.660. The summed E-state index contributed by atoms with van der Waals surface area (Å²) in [5.41, 5.74) is 0. The largest absolute Gasteiger partial charge is 0.376 e. The minimum Gasteiger partial charge on any atom is -0.376 e. The van der Waals surface area contributed by atoms with Crippen molar-refractivity contribution in [3.8, 4) is 0 Å². The molecule has 0 unspecified atom stereocenters. The molecule has 1 amide bonds. The Morgan fingerprint density at radius 1 is 1.29 bits per heavy atom. The summed E-state index contributed by atoms with van der Waals surface area (Å²) in [7, 11) is -3.43. The molecule has 0 atom stereocenters. The highest BCUT2D eigenvalue weighted by Gasteiger charge is 2.48. The SMILES string of the molecule is CS(=O)(=O)C1(C(=O)NCCOC2CCCC2)CCNCC1. The van der Waals surface area contributed by atoms with Gasteiger partial charge in [0.2, 0.25) is 5.91 Å². The summed E-state index contributed by atoms with van der Waals surface area (Å²) in [5.74, 6) is -0.374. The van der Waals surface area contributed by atoms with Crippen LogP contribution in [0.15, 0.2) is 0 Å². The van der Waals surface area contributed by atoms with Crippen LogP contribution in [0.1, 0.15) is 38.5 Å². The van der Waals surface area contributed by atoms with Crippen LogP contribution in [0.25, 0.3) is 0 Å². The zero-order valence-corrected chi connectivity index (χ0v) is 13.5. The van der Waals surface area contributed by atoms with Crippen molar-refractivity contribution in [2.45, 2.75) is 49.4 Å². The Balaban J connectivity index is 1.84. The van der Waals surface area contributed by atoms with E-state index in [0.717, 1.165) is 19.1 Å². The molecule has 122 valence electrons. The van der Waals surface area contributed by atoms with Gasteiger partial charge < -0.3 is 15.4 Å². The molecule has 1 heterocycles. The predicted molar refractivity (Wildman–Crippen MR) is 80.9 cm³/mol. The van der Waals surface area contributed by atoms with Gasteiger partial charge >= 0.3 is 0 Å². The molecule has 1 saturated heterocycles. The normalized spacial score (nSPS) is 23.1. The Labute approximate surface area is 126 Å². The van der Waals surface area contributed by atoms with Gasteiger partial charge in [-0.05, 0) is 38.8 Å². The topological polar surface area (TPSA) is 84.5 Å². The first-order valence-corrected chi connectivity index (χ1v) is 9.65. The first-order chi connectivity index (χ1) is 9.96. The van der Waals surface area contributed by atoms with Crippen LogP contribution in [0.3, 0.4) is 0 Å². The van der Waals surface area contributed by atoms with Gasteiger partial charge in [0.25, 0.3) is 0 Å². The summed E-state index contributed by atoms with van der Waals surface area (Å²) < 4.78 is 28.6. The number of hydrogen-bond donors (Lipinski definition) is 2. The third-order valence-electron chi connectivity index (χ3n) is 4.58. The van der Waals surface area contributed by atoms with Crippen molar-refractivity contribution in [3.63, 3.8) is 0 Å². The van der Waals surface area contributed by atoms with E-state index in [2.05, 4.69) is 10.6 Å². The zero-order valence-electron chi connectivity index (χ0n) is 12.7. The molecule has 2 rings (SSSR count). The van der Waals surface area contributed by atoms with Crippen molar-refractivity contribution in [2.75, 3.05) is 32.5 Å². The van der Waals surface area contributed by atoms with E-state index >= 15 is 0 Å². The molecule has 1 saturated carbocycles. The standard InChI is InChI=1S/C14H26N2O4S/c1-21(18,19)14(6-8-15-9-7-14)13(17)16-10-11-20-12-4-2-3-5-12/h12,15H,2-11H2,1H3,(H,16,17). The van der Waals surface area contributed by atoms with Crippen LogP contribution in [0.2, 0.25) is 0 Å². The number of hydrogen-bond acceptors (Lipinski definition) is 5. The van der Waals surface area contributed by atoms with Gasteiger partial charge in [-0.15, -0.1) is 0 Å². The molecule has 0 spiro atoms. The average molecular weight is 318 g/mol. The summed E-state index contributed by atoms with van der Waals surface area (Å²) in [6, 6.07) is 0. The highest BCUT2D eigenvalue weighted by molar-refractivity contribution is 7.92. The van der Waals surface area contributed by atoms with Crippen LogP contribution in [-0.2, 0) is 19.4 Å². The van der Waals surface area contributed by atoms with Crippen LogP contribution in [0, 0.1) is 0 Å². The second kappa shape index (κ2) is 7.07. The van der Waals surface area contributed by atoms with E-state index in [4.69, 9.17) is 4.74 Å². The van der Waals surface area contributed by atoms with Crippen LogP contribution in [-0.4, -0.2) is 57.7 Å². The minimum atomic E-state index is -3.43. The number of rotatable bonds is 6. The number of ether oxygens (including phenoxy) is 1. The van der Waals surface area contributed by atoms with Crippen LogP contribution in [0.5, 0.6) is 0 Å². The summed E-state index contributed by atoms with van der Waals surface area (Å²) in [5, 5.41) is 5.85. The lowest BCUT2D eigenvalue weighted by molar-refractivity contribution is -0.124. The first kappa shape index (κ1) is 16.7. The summed E-state index contributed by atoms with van der Waals surface area (Å²) in [6.45, 7) is 1.94. The van der Waals surface area contributed by atoms with Gasteiger partial charge in [-0.2, -0.15) is 0 Å². The van der Waals surface area contributed by atoms with Gasteiger partial charge in [-0.1, -0.05) is 12.8 Å². The van der Waals surface area contributed by atoms with Crippen LogP contribution >= 0.6 is 0 Å². The summed E-state index contributed by atoms with van der Waals surface area (Å²) >= 11 is 0. The molecule has 2 aliphatic rings. The maximum atomic E-state index is 12.4. The Morgan fingerprint density at radius 2 is 1.90 bits per heavy atom. The molecule has 7 heteroatoms. The van der Waals surface area contributed by atoms with E-state index in [0.29, 0.717) is 45.2 Å². The third-order valence-corrected chi connectivity index (χ3v) is 6.59. The van der Waals surface area contributed by atoms with Crippen molar-refractivity contribution in [3.05, 3.63) is 0 Å². The van der Waals surface area contributed by atoms with Crippen molar-refractivity contribution in [1.82, 2.24) is 10.6 Å². The number of carbonyl (C=O) groups is 1. The average Bonchev–Trinajstić information content (AvgIpc) is 2.96. The van der Waals surface area contributed by atoms with Gasteiger partial charge in [0, 0.05) is 12.8 Å². The number of sulfone groups is 1. The molecule has 2 fully saturated rings. The van der Waals surface area contributed by atoms with Crippen molar-refractivity contribution < 1.29 is 17.9 Å². The second-order valence-electron chi connectivity index (χ2n) is 6.05. The molecule has 1 aliphatic heterocycles. The molecular formula is C14H26N2O4S. The van der Waals surface area contributed by atoms with Crippen molar-refractivity contribution >= 4 is 15.7 Å². The fourth-order valence-corrected chi connectivity index (χ4v) is 4.56. The van der Waals surface area contributed by atoms with Gasteiger partial charge in [0.05, 0.1) is 12.7 Å². The number of piperidine rings is 1. The molecule has 0 aromatic heterocycles. The Bertz CT molecular complexity index is 452. The molecule has 0 radical (unpaired) electrons. The number of carbonyl (C=O) groups excluding carboxylic acids is 1. The van der Waals surface area contributed by atoms with Gasteiger partial charge in [0.15, 0.2) is 14.6 Å². The monoisotopic (exact) mass is 318 g/mol. The molecular weight excluding hydrogens is 292 g/mol. The van der Waals surface area contributed by atoms with E-state index in [1.165, 1.54) is 12.8 Å². The Morgan fingerprint density at radius 3 is 2.48 bits per heavy atom. The maximum absolute atomic E-state index is 12.4. The molecule has 0 aromatic carbocycles. The smallest absolute Gasteiger partial charge is 0.241 e. The summed E-state index contributed by atoms with van der Waals surface area (Å²) in [6.07, 6.45) is 6.74. The Kier molecular flexibility index (Phi) is 5.62. The minimum absolute atomic E-state index is 0.310. The molecule has 0 bridgehead atoms. The number of nitrogens with one attached hydrogen (secondary N) is 2. The van der Waals surface area contributed by atoms with Crippen molar-refractivity contribution in [1.29, 1.82) is 0 Å². The molecule has 6 nitrogen and oxygen atoms in total. The molecule has 2 N–H and O–H groups in total. The van der Waals surface area contributed by atoms with Gasteiger partial charge in [-0.3, -0.25) is 4.79 Å². The third kappa shape index (κ3) is 3.96. The fraction of sp³-hybridized carbons (Fsp3) is 0.929. The van der Waals surface area contributed by atoms with Gasteiger partial charge in [0.1, 0.15) is 0 Å². The van der Waals surface area contributed by atoms with E-state index in [-0.39, 0.29) is 5.91 Å². The van der Waals surface area contributed by atoms with E-state index in [1.54, 1.807) is 0 Å². The van der Waals surface area contributed by atoms with E-state index < -0.39 is 14.6 Å². The second-order valence-corrected chi connectivity index (χ2v) is 8.38. The van der Waals surface area contributed by atoms with Crippen LogP contribution < -0.4 is 10.6 Å². The summed E-state index contributed by atoms with van der Waals surface area (Å²) in [4.78, 5) is 12.4. The van der Waals surface area contributed by atoms with Crippen LogP contribution in [0.4, 0.5) is 0 Å². The quantitative estimate of drug-likeness (QED) is 0.685. The van der Waals surface area contributed by atoms with E-state index in [9.17, 15) is 13.2 Å². The maximum Gasteiger partial charge on any atom is 0.241 e.